The Morgan fingerprint density at radius 3 is 3.08 bits per heavy atom. The number of rotatable bonds is 4. The topological polar surface area (TPSA) is 50.7 Å². The molecule has 0 bridgehead atoms. The van der Waals surface area contributed by atoms with Crippen LogP contribution in [0.5, 0.6) is 0 Å². The van der Waals surface area contributed by atoms with Crippen LogP contribution in [0.15, 0.2) is 0 Å². The van der Waals surface area contributed by atoms with Gasteiger partial charge in [0.25, 0.3) is 0 Å². The highest BCUT2D eigenvalue weighted by Crippen LogP contribution is 2.14. The van der Waals surface area contributed by atoms with E-state index in [4.69, 9.17) is 9.47 Å². The molecule has 1 aliphatic rings. The first kappa shape index (κ1) is 9.92. The lowest BCUT2D eigenvalue weighted by Crippen LogP contribution is -2.39. The molecule has 0 radical (unpaired) electrons. The van der Waals surface area contributed by atoms with Crippen LogP contribution in [0.4, 0.5) is 0 Å². The first-order valence-corrected chi connectivity index (χ1v) is 4.31. The quantitative estimate of drug-likeness (QED) is 0.463. The van der Waals surface area contributed by atoms with Crippen molar-refractivity contribution in [1.29, 1.82) is 0 Å². The maximum absolute atomic E-state index is 9.24. The van der Waals surface area contributed by atoms with Crippen LogP contribution in [-0.2, 0) is 9.47 Å². The fourth-order valence-corrected chi connectivity index (χ4v) is 1.42. The average Bonchev–Trinajstić information content (AvgIpc) is 2.05. The summed E-state index contributed by atoms with van der Waals surface area (Å²) in [5.41, 5.74) is 0. The van der Waals surface area contributed by atoms with Gasteiger partial charge in [-0.25, -0.2) is 0 Å². The second kappa shape index (κ2) is 5.48. The third-order valence-corrected chi connectivity index (χ3v) is 2.04. The Balaban J connectivity index is 2.06. The van der Waals surface area contributed by atoms with Gasteiger partial charge in [0.2, 0.25) is 0 Å². The van der Waals surface area contributed by atoms with E-state index >= 15 is 0 Å². The van der Waals surface area contributed by atoms with E-state index in [1.54, 1.807) is 7.11 Å². The molecule has 72 valence electrons. The van der Waals surface area contributed by atoms with E-state index in [1.807, 2.05) is 0 Å². The van der Waals surface area contributed by atoms with Gasteiger partial charge in [0, 0.05) is 7.11 Å². The third-order valence-electron chi connectivity index (χ3n) is 2.04. The molecule has 0 amide bonds. The van der Waals surface area contributed by atoms with Crippen LogP contribution in [0.2, 0.25) is 0 Å². The highest BCUT2D eigenvalue weighted by atomic mass is 16.7. The van der Waals surface area contributed by atoms with Gasteiger partial charge in [-0.2, -0.15) is 0 Å². The van der Waals surface area contributed by atoms with Gasteiger partial charge in [-0.05, 0) is 25.3 Å². The van der Waals surface area contributed by atoms with Crippen molar-refractivity contribution in [3.05, 3.63) is 0 Å². The summed E-state index contributed by atoms with van der Waals surface area (Å²) in [6.45, 7) is 1.91. The number of piperidine rings is 1. The van der Waals surface area contributed by atoms with Crippen LogP contribution in [0.3, 0.4) is 0 Å². The Morgan fingerprint density at radius 2 is 2.42 bits per heavy atom. The third kappa shape index (κ3) is 3.49. The summed E-state index contributed by atoms with van der Waals surface area (Å²) in [5, 5.41) is 12.2. The number of hydrogen-bond acceptors (Lipinski definition) is 4. The number of aliphatic hydroxyl groups excluding tert-OH is 1. The van der Waals surface area contributed by atoms with Gasteiger partial charge >= 0.3 is 0 Å². The summed E-state index contributed by atoms with van der Waals surface area (Å²) in [5.74, 6) is 0.469. The van der Waals surface area contributed by atoms with Gasteiger partial charge in [0.15, 0.2) is 0 Å². The SMILES string of the molecule is COCOCC1CCNC(O)C1. The Kier molecular flexibility index (Phi) is 4.53. The monoisotopic (exact) mass is 175 g/mol. The Labute approximate surface area is 72.9 Å². The highest BCUT2D eigenvalue weighted by molar-refractivity contribution is 4.70. The van der Waals surface area contributed by atoms with Crippen LogP contribution in [0.1, 0.15) is 12.8 Å². The smallest absolute Gasteiger partial charge is 0.146 e. The van der Waals surface area contributed by atoms with Crippen molar-refractivity contribution in [3.63, 3.8) is 0 Å². The van der Waals surface area contributed by atoms with Crippen molar-refractivity contribution in [3.8, 4) is 0 Å². The molecule has 1 aliphatic heterocycles. The maximum atomic E-state index is 9.24. The minimum Gasteiger partial charge on any atom is -0.379 e. The molecule has 2 atom stereocenters. The molecular weight excluding hydrogens is 158 g/mol. The molecule has 1 fully saturated rings. The predicted molar refractivity (Wildman–Crippen MR) is 44.6 cm³/mol. The molecule has 4 nitrogen and oxygen atoms in total. The van der Waals surface area contributed by atoms with Gasteiger partial charge in [0.05, 0.1) is 6.61 Å². The zero-order valence-corrected chi connectivity index (χ0v) is 7.45. The summed E-state index contributed by atoms with van der Waals surface area (Å²) in [6, 6.07) is 0. The molecule has 2 unspecified atom stereocenters. The van der Waals surface area contributed by atoms with Crippen LogP contribution in [-0.4, -0.2) is 38.4 Å². The zero-order valence-electron chi connectivity index (χ0n) is 7.45. The number of ether oxygens (including phenoxy) is 2. The largest absolute Gasteiger partial charge is 0.379 e. The molecule has 0 aliphatic carbocycles. The normalized spacial score (nSPS) is 30.5. The molecule has 1 rings (SSSR count). The van der Waals surface area contributed by atoms with Gasteiger partial charge in [-0.1, -0.05) is 0 Å². The van der Waals surface area contributed by atoms with Crippen molar-refractivity contribution in [2.24, 2.45) is 5.92 Å². The fraction of sp³-hybridized carbons (Fsp3) is 1.00. The minimum absolute atomic E-state index is 0.347. The summed E-state index contributed by atoms with van der Waals surface area (Å²) in [4.78, 5) is 0. The molecule has 0 spiro atoms. The molecular formula is C8H17NO3. The van der Waals surface area contributed by atoms with Crippen molar-refractivity contribution in [2.45, 2.75) is 19.1 Å². The lowest BCUT2D eigenvalue weighted by molar-refractivity contribution is -0.0552. The van der Waals surface area contributed by atoms with Gasteiger partial charge in [0.1, 0.15) is 13.0 Å². The average molecular weight is 175 g/mol. The van der Waals surface area contributed by atoms with E-state index in [1.165, 1.54) is 0 Å². The number of nitrogens with one attached hydrogen (secondary N) is 1. The van der Waals surface area contributed by atoms with Crippen LogP contribution in [0, 0.1) is 5.92 Å². The van der Waals surface area contributed by atoms with E-state index in [9.17, 15) is 5.11 Å². The molecule has 2 N–H and O–H groups in total. The summed E-state index contributed by atoms with van der Waals surface area (Å²) in [7, 11) is 1.61. The molecule has 4 heteroatoms. The Morgan fingerprint density at radius 1 is 1.58 bits per heavy atom. The Bertz CT molecular complexity index is 121. The van der Waals surface area contributed by atoms with Crippen molar-refractivity contribution >= 4 is 0 Å². The Hall–Kier alpha value is -0.160. The first-order valence-electron chi connectivity index (χ1n) is 4.31. The van der Waals surface area contributed by atoms with Crippen LogP contribution in [0.25, 0.3) is 0 Å². The lowest BCUT2D eigenvalue weighted by atomic mass is 9.98. The van der Waals surface area contributed by atoms with Crippen LogP contribution >= 0.6 is 0 Å². The van der Waals surface area contributed by atoms with Gasteiger partial charge in [-0.15, -0.1) is 0 Å². The molecule has 1 heterocycles. The van der Waals surface area contributed by atoms with E-state index in [0.29, 0.717) is 19.3 Å². The maximum Gasteiger partial charge on any atom is 0.146 e. The molecule has 0 saturated carbocycles. The summed E-state index contributed by atoms with van der Waals surface area (Å²) >= 11 is 0. The standard InChI is InChI=1S/C8H17NO3/c1-11-6-12-5-7-2-3-9-8(10)4-7/h7-10H,2-6H2,1H3. The van der Waals surface area contributed by atoms with E-state index in [2.05, 4.69) is 5.32 Å². The molecule has 0 aromatic carbocycles. The van der Waals surface area contributed by atoms with Crippen molar-refractivity contribution < 1.29 is 14.6 Å². The molecule has 0 aromatic heterocycles. The van der Waals surface area contributed by atoms with Crippen molar-refractivity contribution in [1.82, 2.24) is 5.32 Å². The van der Waals surface area contributed by atoms with Crippen molar-refractivity contribution in [2.75, 3.05) is 27.1 Å². The number of hydrogen-bond donors (Lipinski definition) is 2. The highest BCUT2D eigenvalue weighted by Gasteiger charge is 2.19. The first-order chi connectivity index (χ1) is 5.83. The molecule has 12 heavy (non-hydrogen) atoms. The van der Waals surface area contributed by atoms with Gasteiger partial charge in [-0.3, -0.25) is 5.32 Å². The minimum atomic E-state index is -0.352. The summed E-state index contributed by atoms with van der Waals surface area (Å²) in [6.07, 6.45) is 1.50. The van der Waals surface area contributed by atoms with Gasteiger partial charge < -0.3 is 14.6 Å². The van der Waals surface area contributed by atoms with E-state index < -0.39 is 0 Å². The predicted octanol–water partition coefficient (Wildman–Crippen LogP) is -0.0751. The molecule has 0 aromatic rings. The lowest BCUT2D eigenvalue weighted by Gasteiger charge is -2.26. The number of methoxy groups -OCH3 is 1. The van der Waals surface area contributed by atoms with E-state index in [-0.39, 0.29) is 6.23 Å². The number of aliphatic hydroxyl groups is 1. The van der Waals surface area contributed by atoms with Crippen LogP contribution < -0.4 is 5.32 Å². The van der Waals surface area contributed by atoms with E-state index in [0.717, 1.165) is 19.4 Å². The molecule has 1 saturated heterocycles. The second-order valence-electron chi connectivity index (χ2n) is 3.14. The summed E-state index contributed by atoms with van der Waals surface area (Å²) < 4.78 is 9.97. The zero-order chi connectivity index (χ0) is 8.81. The second-order valence-corrected chi connectivity index (χ2v) is 3.14. The fourth-order valence-electron chi connectivity index (χ4n) is 1.42.